The highest BCUT2D eigenvalue weighted by molar-refractivity contribution is 7.14. The number of rotatable bonds is 6. The number of anilines is 1. The third-order valence-electron chi connectivity index (χ3n) is 4.30. The highest BCUT2D eigenvalue weighted by Crippen LogP contribution is 2.26. The molecule has 0 aliphatic heterocycles. The second-order valence-electron chi connectivity index (χ2n) is 6.83. The van der Waals surface area contributed by atoms with Gasteiger partial charge in [-0.1, -0.05) is 26.0 Å². The number of benzene rings is 2. The van der Waals surface area contributed by atoms with Crippen LogP contribution < -0.4 is 10.6 Å². The summed E-state index contributed by atoms with van der Waals surface area (Å²) in [6.07, 6.45) is 0. The van der Waals surface area contributed by atoms with Crippen LogP contribution in [0.4, 0.5) is 18.3 Å². The molecule has 0 bridgehead atoms. The summed E-state index contributed by atoms with van der Waals surface area (Å²) in [6, 6.07) is 7.93. The molecule has 1 atom stereocenters. The van der Waals surface area contributed by atoms with Gasteiger partial charge in [-0.05, 0) is 36.2 Å². The predicted molar refractivity (Wildman–Crippen MR) is 109 cm³/mol. The molecule has 2 amide bonds. The van der Waals surface area contributed by atoms with E-state index in [9.17, 15) is 22.8 Å². The van der Waals surface area contributed by atoms with Crippen LogP contribution in [0.15, 0.2) is 47.8 Å². The predicted octanol–water partition coefficient (Wildman–Crippen LogP) is 4.62. The number of carbonyl (C=O) groups is 2. The number of hydrogen-bond acceptors (Lipinski definition) is 4. The number of hydrogen-bond donors (Lipinski definition) is 2. The third kappa shape index (κ3) is 4.85. The Labute approximate surface area is 175 Å². The molecule has 1 aromatic heterocycles. The Bertz CT molecular complexity index is 1080. The fourth-order valence-electron chi connectivity index (χ4n) is 2.70. The van der Waals surface area contributed by atoms with Gasteiger partial charge >= 0.3 is 0 Å². The van der Waals surface area contributed by atoms with Gasteiger partial charge in [0.2, 0.25) is 5.91 Å². The Kier molecular flexibility index (Phi) is 6.51. The minimum atomic E-state index is -0.998. The van der Waals surface area contributed by atoms with Crippen LogP contribution in [0, 0.1) is 23.4 Å². The summed E-state index contributed by atoms with van der Waals surface area (Å²) in [6.45, 7) is 3.47. The molecule has 1 unspecified atom stereocenters. The third-order valence-corrected chi connectivity index (χ3v) is 5.06. The lowest BCUT2D eigenvalue weighted by atomic mass is 10.0. The maximum absolute atomic E-state index is 13.8. The number of halogens is 3. The van der Waals surface area contributed by atoms with Gasteiger partial charge in [0.15, 0.2) is 16.8 Å². The van der Waals surface area contributed by atoms with Crippen LogP contribution in [0.1, 0.15) is 24.2 Å². The SMILES string of the molecule is CC(C)C(NC(=O)c1ccccc1F)C(=O)Nc1nc(-c2ccc(F)c(F)c2)cs1. The fraction of sp³-hybridized carbons (Fsp3) is 0.190. The average Bonchev–Trinajstić information content (AvgIpc) is 3.16. The van der Waals surface area contributed by atoms with Crippen LogP contribution >= 0.6 is 11.3 Å². The van der Waals surface area contributed by atoms with E-state index in [2.05, 4.69) is 15.6 Å². The summed E-state index contributed by atoms with van der Waals surface area (Å²) in [5.41, 5.74) is 0.565. The standard InChI is InChI=1S/C21H18F3N3O2S/c1-11(2)18(26-19(28)13-5-3-4-6-14(13)22)20(29)27-21-25-17(10-30-21)12-7-8-15(23)16(24)9-12/h3-11,18H,1-2H3,(H,26,28)(H,25,27,29). The number of carbonyl (C=O) groups excluding carboxylic acids is 2. The van der Waals surface area contributed by atoms with Crippen LogP contribution in [0.2, 0.25) is 0 Å². The molecule has 5 nitrogen and oxygen atoms in total. The molecule has 3 aromatic rings. The smallest absolute Gasteiger partial charge is 0.254 e. The first-order valence-electron chi connectivity index (χ1n) is 9.03. The van der Waals surface area contributed by atoms with Crippen molar-refractivity contribution in [3.8, 4) is 11.3 Å². The molecule has 0 radical (unpaired) electrons. The number of nitrogens with zero attached hydrogens (tertiary/aromatic N) is 1. The summed E-state index contributed by atoms with van der Waals surface area (Å²) in [7, 11) is 0. The molecule has 0 fully saturated rings. The number of nitrogens with one attached hydrogen (secondary N) is 2. The largest absolute Gasteiger partial charge is 0.340 e. The van der Waals surface area contributed by atoms with Crippen LogP contribution in [0.25, 0.3) is 11.3 Å². The molecule has 0 spiro atoms. The summed E-state index contributed by atoms with van der Waals surface area (Å²) in [4.78, 5) is 29.3. The molecule has 30 heavy (non-hydrogen) atoms. The van der Waals surface area contributed by atoms with E-state index in [-0.39, 0.29) is 16.6 Å². The Morgan fingerprint density at radius 2 is 1.73 bits per heavy atom. The molecule has 0 saturated carbocycles. The molecule has 0 aliphatic rings. The van der Waals surface area contributed by atoms with Crippen molar-refractivity contribution in [3.63, 3.8) is 0 Å². The Morgan fingerprint density at radius 1 is 1.00 bits per heavy atom. The molecule has 2 aromatic carbocycles. The summed E-state index contributed by atoms with van der Waals surface area (Å²) in [5, 5.41) is 6.96. The van der Waals surface area contributed by atoms with E-state index in [0.29, 0.717) is 11.3 Å². The maximum Gasteiger partial charge on any atom is 0.254 e. The van der Waals surface area contributed by atoms with Crippen molar-refractivity contribution in [3.05, 3.63) is 70.9 Å². The van der Waals surface area contributed by atoms with Gasteiger partial charge < -0.3 is 10.6 Å². The number of aromatic nitrogens is 1. The van der Waals surface area contributed by atoms with Gasteiger partial charge in [-0.3, -0.25) is 9.59 Å². The van der Waals surface area contributed by atoms with Crippen molar-refractivity contribution in [2.45, 2.75) is 19.9 Å². The first kappa shape index (κ1) is 21.5. The summed E-state index contributed by atoms with van der Waals surface area (Å²) < 4.78 is 40.4. The van der Waals surface area contributed by atoms with Gasteiger partial charge in [0.25, 0.3) is 5.91 Å². The van der Waals surface area contributed by atoms with Gasteiger partial charge in [-0.2, -0.15) is 0 Å². The van der Waals surface area contributed by atoms with Gasteiger partial charge in [0.05, 0.1) is 11.3 Å². The lowest BCUT2D eigenvalue weighted by Gasteiger charge is -2.21. The zero-order valence-electron chi connectivity index (χ0n) is 16.1. The van der Waals surface area contributed by atoms with Gasteiger partial charge in [-0.15, -0.1) is 11.3 Å². The summed E-state index contributed by atoms with van der Waals surface area (Å²) in [5.74, 6) is -4.17. The second-order valence-corrected chi connectivity index (χ2v) is 7.69. The Hall–Kier alpha value is -3.20. The van der Waals surface area contributed by atoms with Crippen LogP contribution in [-0.2, 0) is 4.79 Å². The van der Waals surface area contributed by atoms with Gasteiger partial charge in [-0.25, -0.2) is 18.2 Å². The molecule has 3 rings (SSSR count). The van der Waals surface area contributed by atoms with E-state index < -0.39 is 35.3 Å². The number of amides is 2. The van der Waals surface area contributed by atoms with Crippen LogP contribution in [-0.4, -0.2) is 22.8 Å². The summed E-state index contributed by atoms with van der Waals surface area (Å²) >= 11 is 1.10. The molecule has 156 valence electrons. The lowest BCUT2D eigenvalue weighted by molar-refractivity contribution is -0.118. The van der Waals surface area contributed by atoms with Crippen LogP contribution in [0.3, 0.4) is 0 Å². The van der Waals surface area contributed by atoms with Gasteiger partial charge in [0, 0.05) is 10.9 Å². The lowest BCUT2D eigenvalue weighted by Crippen LogP contribution is -2.47. The quantitative estimate of drug-likeness (QED) is 0.596. The van der Waals surface area contributed by atoms with E-state index in [4.69, 9.17) is 0 Å². The molecular weight excluding hydrogens is 415 g/mol. The minimum absolute atomic E-state index is 0.161. The second kappa shape index (κ2) is 9.08. The van der Waals surface area contributed by atoms with Crippen molar-refractivity contribution in [1.29, 1.82) is 0 Å². The number of thiazole rings is 1. The monoisotopic (exact) mass is 433 g/mol. The highest BCUT2D eigenvalue weighted by Gasteiger charge is 2.26. The van der Waals surface area contributed by atoms with Crippen molar-refractivity contribution >= 4 is 28.3 Å². The van der Waals surface area contributed by atoms with Crippen molar-refractivity contribution < 1.29 is 22.8 Å². The maximum atomic E-state index is 13.8. The normalized spacial score (nSPS) is 11.9. The first-order valence-corrected chi connectivity index (χ1v) is 9.91. The molecule has 1 heterocycles. The Balaban J connectivity index is 1.73. The van der Waals surface area contributed by atoms with Gasteiger partial charge in [0.1, 0.15) is 11.9 Å². The van der Waals surface area contributed by atoms with Crippen molar-refractivity contribution in [2.75, 3.05) is 5.32 Å². The van der Waals surface area contributed by atoms with E-state index in [1.807, 2.05) is 0 Å². The van der Waals surface area contributed by atoms with Crippen molar-refractivity contribution in [1.82, 2.24) is 10.3 Å². The van der Waals surface area contributed by atoms with Crippen molar-refractivity contribution in [2.24, 2.45) is 5.92 Å². The van der Waals surface area contributed by atoms with E-state index in [0.717, 1.165) is 29.5 Å². The molecule has 2 N–H and O–H groups in total. The van der Waals surface area contributed by atoms with Crippen LogP contribution in [0.5, 0.6) is 0 Å². The molecule has 9 heteroatoms. The zero-order chi connectivity index (χ0) is 21.8. The Morgan fingerprint density at radius 3 is 2.40 bits per heavy atom. The topological polar surface area (TPSA) is 71.1 Å². The molecule has 0 aliphatic carbocycles. The van der Waals surface area contributed by atoms with E-state index in [1.54, 1.807) is 19.2 Å². The first-order chi connectivity index (χ1) is 14.3. The molecular formula is C21H18F3N3O2S. The van der Waals surface area contributed by atoms with E-state index >= 15 is 0 Å². The molecule has 0 saturated heterocycles. The minimum Gasteiger partial charge on any atom is -0.340 e. The zero-order valence-corrected chi connectivity index (χ0v) is 16.9. The fourth-order valence-corrected chi connectivity index (χ4v) is 3.42. The van der Waals surface area contributed by atoms with E-state index in [1.165, 1.54) is 24.3 Å². The average molecular weight is 433 g/mol. The highest BCUT2D eigenvalue weighted by atomic mass is 32.1.